The molecule has 170 valence electrons. The van der Waals surface area contributed by atoms with Crippen LogP contribution in [0.4, 0.5) is 0 Å². The Morgan fingerprint density at radius 3 is 2.39 bits per heavy atom. The third-order valence-electron chi connectivity index (χ3n) is 5.67. The number of sulfonamides is 1. The molecule has 4 rings (SSSR count). The lowest BCUT2D eigenvalue weighted by Crippen LogP contribution is -2.29. The average Bonchev–Trinajstić information content (AvgIpc) is 3.23. The van der Waals surface area contributed by atoms with E-state index in [-0.39, 0.29) is 23.1 Å². The molecule has 3 aromatic carbocycles. The second-order valence-electron chi connectivity index (χ2n) is 7.86. The fourth-order valence-corrected chi connectivity index (χ4v) is 4.72. The monoisotopic (exact) mass is 481 g/mol. The van der Waals surface area contributed by atoms with Crippen molar-refractivity contribution in [2.75, 3.05) is 6.54 Å². The Labute approximate surface area is 197 Å². The predicted octanol–water partition coefficient (Wildman–Crippen LogP) is 4.35. The predicted molar refractivity (Wildman–Crippen MR) is 131 cm³/mol. The summed E-state index contributed by atoms with van der Waals surface area (Å²) in [6.45, 7) is 0.398. The van der Waals surface area contributed by atoms with E-state index in [2.05, 4.69) is 16.4 Å². The molecule has 0 aliphatic carbocycles. The van der Waals surface area contributed by atoms with Gasteiger partial charge in [0.2, 0.25) is 15.9 Å². The highest BCUT2D eigenvalue weighted by Crippen LogP contribution is 2.34. The van der Waals surface area contributed by atoms with Gasteiger partial charge < -0.3 is 10.3 Å². The second kappa shape index (κ2) is 9.79. The van der Waals surface area contributed by atoms with Crippen LogP contribution in [-0.4, -0.2) is 25.9 Å². The summed E-state index contributed by atoms with van der Waals surface area (Å²) in [6, 6.07) is 21.9. The number of amides is 1. The van der Waals surface area contributed by atoms with Crippen molar-refractivity contribution in [2.24, 2.45) is 5.14 Å². The summed E-state index contributed by atoms with van der Waals surface area (Å²) in [5.41, 5.74) is 3.90. The van der Waals surface area contributed by atoms with Gasteiger partial charge in [-0.2, -0.15) is 0 Å². The van der Waals surface area contributed by atoms with E-state index in [9.17, 15) is 13.2 Å². The van der Waals surface area contributed by atoms with Crippen molar-refractivity contribution in [3.8, 4) is 0 Å². The van der Waals surface area contributed by atoms with Gasteiger partial charge in [-0.25, -0.2) is 13.6 Å². The maximum absolute atomic E-state index is 12.6. The minimum absolute atomic E-state index is 0.0528. The molecule has 0 saturated heterocycles. The number of primary sulfonamides is 1. The standard InChI is InChI=1S/C25H24ClN3O3S/c26-23-7-3-1-5-19(23)21(22-15-28-24-8-4-2-6-20(22)24)16-29-25(30)14-11-17-9-12-18(13-10-17)33(27,31)32/h1-10,12-13,15,21,28H,11,14,16H2,(H,29,30)(H2,27,31,32). The number of benzene rings is 3. The van der Waals surface area contributed by atoms with Crippen LogP contribution in [0.1, 0.15) is 29.0 Å². The number of aromatic amines is 1. The summed E-state index contributed by atoms with van der Waals surface area (Å²) in [5, 5.41) is 9.91. The number of nitrogens with one attached hydrogen (secondary N) is 2. The van der Waals surface area contributed by atoms with Crippen LogP contribution in [-0.2, 0) is 21.2 Å². The van der Waals surface area contributed by atoms with Crippen molar-refractivity contribution < 1.29 is 13.2 Å². The maximum Gasteiger partial charge on any atom is 0.238 e. The number of rotatable bonds is 8. The molecular weight excluding hydrogens is 458 g/mol. The maximum atomic E-state index is 12.6. The minimum Gasteiger partial charge on any atom is -0.361 e. The molecule has 0 saturated carbocycles. The summed E-state index contributed by atoms with van der Waals surface area (Å²) in [7, 11) is -3.73. The molecule has 6 nitrogen and oxygen atoms in total. The SMILES string of the molecule is NS(=O)(=O)c1ccc(CCC(=O)NCC(c2ccccc2Cl)c2c[nH]c3ccccc23)cc1. The molecule has 4 N–H and O–H groups in total. The number of para-hydroxylation sites is 1. The van der Waals surface area contributed by atoms with E-state index < -0.39 is 10.0 Å². The lowest BCUT2D eigenvalue weighted by atomic mass is 9.90. The van der Waals surface area contributed by atoms with Crippen molar-refractivity contribution in [2.45, 2.75) is 23.7 Å². The molecule has 1 atom stereocenters. The molecule has 0 radical (unpaired) electrons. The van der Waals surface area contributed by atoms with Gasteiger partial charge in [0.05, 0.1) is 4.90 Å². The number of fused-ring (bicyclic) bond motifs is 1. The Morgan fingerprint density at radius 1 is 0.970 bits per heavy atom. The Morgan fingerprint density at radius 2 is 1.67 bits per heavy atom. The van der Waals surface area contributed by atoms with Crippen LogP contribution in [0.3, 0.4) is 0 Å². The van der Waals surface area contributed by atoms with Gasteiger partial charge in [0.1, 0.15) is 0 Å². The van der Waals surface area contributed by atoms with Crippen LogP contribution >= 0.6 is 11.6 Å². The van der Waals surface area contributed by atoms with Gasteiger partial charge in [0.15, 0.2) is 0 Å². The topological polar surface area (TPSA) is 105 Å². The molecule has 1 amide bonds. The zero-order valence-corrected chi connectivity index (χ0v) is 19.4. The summed E-state index contributed by atoms with van der Waals surface area (Å²) >= 11 is 6.51. The number of H-pyrrole nitrogens is 1. The Bertz CT molecular complexity index is 1380. The lowest BCUT2D eigenvalue weighted by Gasteiger charge is -2.19. The molecule has 0 aliphatic heterocycles. The first-order valence-corrected chi connectivity index (χ1v) is 12.4. The fourth-order valence-electron chi connectivity index (χ4n) is 3.94. The van der Waals surface area contributed by atoms with Crippen LogP contribution in [0, 0.1) is 0 Å². The third kappa shape index (κ3) is 5.45. The van der Waals surface area contributed by atoms with Gasteiger partial charge in [-0.05, 0) is 47.4 Å². The van der Waals surface area contributed by atoms with Crippen molar-refractivity contribution in [3.05, 3.63) is 101 Å². The van der Waals surface area contributed by atoms with Gasteiger partial charge >= 0.3 is 0 Å². The van der Waals surface area contributed by atoms with Gasteiger partial charge in [0.25, 0.3) is 0 Å². The van der Waals surface area contributed by atoms with Crippen molar-refractivity contribution in [1.29, 1.82) is 0 Å². The fraction of sp³-hybridized carbons (Fsp3) is 0.160. The minimum atomic E-state index is -3.73. The number of aromatic nitrogens is 1. The van der Waals surface area contributed by atoms with E-state index in [1.165, 1.54) is 12.1 Å². The van der Waals surface area contributed by atoms with Crippen LogP contribution in [0.2, 0.25) is 5.02 Å². The third-order valence-corrected chi connectivity index (χ3v) is 6.95. The Balaban J connectivity index is 1.47. The van der Waals surface area contributed by atoms with Gasteiger partial charge in [-0.1, -0.05) is 60.1 Å². The number of carbonyl (C=O) groups excluding carboxylic acids is 1. The number of nitrogens with two attached hydrogens (primary N) is 1. The van der Waals surface area contributed by atoms with E-state index >= 15 is 0 Å². The van der Waals surface area contributed by atoms with E-state index in [0.29, 0.717) is 18.0 Å². The van der Waals surface area contributed by atoms with Crippen LogP contribution in [0.25, 0.3) is 10.9 Å². The average molecular weight is 482 g/mol. The van der Waals surface area contributed by atoms with E-state index in [1.54, 1.807) is 12.1 Å². The smallest absolute Gasteiger partial charge is 0.238 e. The molecule has 1 unspecified atom stereocenters. The van der Waals surface area contributed by atoms with Gasteiger partial charge in [-0.15, -0.1) is 0 Å². The molecule has 8 heteroatoms. The molecule has 33 heavy (non-hydrogen) atoms. The first-order valence-electron chi connectivity index (χ1n) is 10.5. The molecule has 1 heterocycles. The number of carbonyl (C=O) groups is 1. The second-order valence-corrected chi connectivity index (χ2v) is 9.83. The van der Waals surface area contributed by atoms with Crippen molar-refractivity contribution in [1.82, 2.24) is 10.3 Å². The highest BCUT2D eigenvalue weighted by Gasteiger charge is 2.21. The number of hydrogen-bond acceptors (Lipinski definition) is 3. The zero-order valence-electron chi connectivity index (χ0n) is 17.8. The lowest BCUT2D eigenvalue weighted by molar-refractivity contribution is -0.121. The Kier molecular flexibility index (Phi) is 6.83. The van der Waals surface area contributed by atoms with Crippen LogP contribution in [0.15, 0.2) is 83.9 Å². The molecular formula is C25H24ClN3O3S. The summed E-state index contributed by atoms with van der Waals surface area (Å²) < 4.78 is 22.8. The molecule has 1 aromatic heterocycles. The summed E-state index contributed by atoms with van der Waals surface area (Å²) in [5.74, 6) is -0.213. The Hall–Kier alpha value is -3.13. The van der Waals surface area contributed by atoms with Crippen LogP contribution < -0.4 is 10.5 Å². The molecule has 0 fully saturated rings. The summed E-state index contributed by atoms with van der Waals surface area (Å²) in [4.78, 5) is 16.0. The summed E-state index contributed by atoms with van der Waals surface area (Å²) in [6.07, 6.45) is 2.73. The van der Waals surface area contributed by atoms with Crippen molar-refractivity contribution in [3.63, 3.8) is 0 Å². The molecule has 0 aliphatic rings. The zero-order chi connectivity index (χ0) is 23.4. The van der Waals surface area contributed by atoms with Gasteiger partial charge in [0, 0.05) is 41.0 Å². The van der Waals surface area contributed by atoms with E-state index in [4.69, 9.17) is 16.7 Å². The van der Waals surface area contributed by atoms with E-state index in [0.717, 1.165) is 27.6 Å². The normalized spacial score (nSPS) is 12.5. The molecule has 0 spiro atoms. The van der Waals surface area contributed by atoms with E-state index in [1.807, 2.05) is 48.7 Å². The number of aryl methyl sites for hydroxylation is 1. The van der Waals surface area contributed by atoms with Crippen LogP contribution in [0.5, 0.6) is 0 Å². The first kappa shape index (κ1) is 23.0. The number of halogens is 1. The first-order chi connectivity index (χ1) is 15.8. The van der Waals surface area contributed by atoms with Gasteiger partial charge in [-0.3, -0.25) is 4.79 Å². The largest absolute Gasteiger partial charge is 0.361 e. The highest BCUT2D eigenvalue weighted by molar-refractivity contribution is 7.89. The van der Waals surface area contributed by atoms with Crippen molar-refractivity contribution >= 4 is 38.4 Å². The number of hydrogen-bond donors (Lipinski definition) is 3. The highest BCUT2D eigenvalue weighted by atomic mass is 35.5. The quantitative estimate of drug-likeness (QED) is 0.348. The molecule has 0 bridgehead atoms. The molecule has 4 aromatic rings.